The number of benzene rings is 2. The molecule has 1 N–H and O–H groups in total. The van der Waals surface area contributed by atoms with Crippen LogP contribution in [0.1, 0.15) is 30.0 Å². The summed E-state index contributed by atoms with van der Waals surface area (Å²) in [7, 11) is 0. The lowest BCUT2D eigenvalue weighted by atomic mass is 10.1. The zero-order chi connectivity index (χ0) is 19.4. The van der Waals surface area contributed by atoms with Crippen molar-refractivity contribution in [2.45, 2.75) is 46.3 Å². The minimum absolute atomic E-state index is 0.191. The molecule has 3 aromatic rings. The monoisotopic (exact) mass is 366 g/mol. The Morgan fingerprint density at radius 2 is 1.89 bits per heavy atom. The molecule has 1 unspecified atom stereocenters. The molecule has 1 aromatic heterocycles. The van der Waals surface area contributed by atoms with E-state index in [1.165, 1.54) is 11.1 Å². The lowest BCUT2D eigenvalue weighted by molar-refractivity contribution is -0.116. The van der Waals surface area contributed by atoms with E-state index in [1.807, 2.05) is 28.8 Å². The number of rotatable bonds is 8. The van der Waals surface area contributed by atoms with E-state index in [0.29, 0.717) is 18.7 Å². The fourth-order valence-electron chi connectivity index (χ4n) is 3.00. The number of aromatic nitrogens is 2. The highest BCUT2D eigenvalue weighted by atomic mass is 16.5. The molecule has 0 saturated carbocycles. The average molecular weight is 366 g/mol. The molecule has 5 heteroatoms. The third-order valence-corrected chi connectivity index (χ3v) is 4.78. The second kappa shape index (κ2) is 8.35. The maximum atomic E-state index is 11.1. The number of Topliss-reactive ketones (excluding diaryl/α,β-unsaturated/α-hetero) is 1. The highest BCUT2D eigenvalue weighted by Gasteiger charge is 2.11. The Bertz CT molecular complexity index is 929. The van der Waals surface area contributed by atoms with E-state index in [4.69, 9.17) is 4.74 Å². The van der Waals surface area contributed by atoms with E-state index in [2.05, 4.69) is 31.0 Å². The minimum Gasteiger partial charge on any atom is -0.491 e. The normalized spacial score (nSPS) is 12.3. The van der Waals surface area contributed by atoms with E-state index >= 15 is 0 Å². The van der Waals surface area contributed by atoms with Crippen molar-refractivity contribution in [1.82, 2.24) is 9.55 Å². The SMILES string of the molecule is CC(=O)CCc1ccc(OCC(O)Cn2cnc3cc(C)c(C)cc32)cc1. The first-order chi connectivity index (χ1) is 12.9. The van der Waals surface area contributed by atoms with Crippen LogP contribution < -0.4 is 4.74 Å². The number of fused-ring (bicyclic) bond motifs is 1. The topological polar surface area (TPSA) is 64.3 Å². The smallest absolute Gasteiger partial charge is 0.130 e. The van der Waals surface area contributed by atoms with Gasteiger partial charge in [0, 0.05) is 6.42 Å². The first kappa shape index (κ1) is 19.1. The summed E-state index contributed by atoms with van der Waals surface area (Å²) < 4.78 is 7.66. The van der Waals surface area contributed by atoms with Gasteiger partial charge < -0.3 is 19.2 Å². The third-order valence-electron chi connectivity index (χ3n) is 4.78. The van der Waals surface area contributed by atoms with E-state index in [0.717, 1.165) is 23.0 Å². The molecule has 0 saturated heterocycles. The summed E-state index contributed by atoms with van der Waals surface area (Å²) in [5, 5.41) is 10.4. The van der Waals surface area contributed by atoms with Crippen LogP contribution >= 0.6 is 0 Å². The van der Waals surface area contributed by atoms with Crippen LogP contribution in [0, 0.1) is 13.8 Å². The van der Waals surface area contributed by atoms with Crippen molar-refractivity contribution in [3.8, 4) is 5.75 Å². The fourth-order valence-corrected chi connectivity index (χ4v) is 3.00. The number of ketones is 1. The first-order valence-electron chi connectivity index (χ1n) is 9.23. The number of hydrogen-bond acceptors (Lipinski definition) is 4. The number of aliphatic hydroxyl groups excluding tert-OH is 1. The number of aliphatic hydroxyl groups is 1. The van der Waals surface area contributed by atoms with Gasteiger partial charge in [-0.25, -0.2) is 4.98 Å². The molecule has 5 nitrogen and oxygen atoms in total. The standard InChI is InChI=1S/C22H26N2O3/c1-15-10-21-22(11-16(15)2)24(14-23-21)12-19(26)13-27-20-8-6-18(7-9-20)5-4-17(3)25/h6-11,14,19,26H,4-5,12-13H2,1-3H3. The minimum atomic E-state index is -0.638. The molecule has 0 bridgehead atoms. The summed E-state index contributed by atoms with van der Waals surface area (Å²) in [5.41, 5.74) is 5.48. The van der Waals surface area contributed by atoms with Crippen molar-refractivity contribution in [3.63, 3.8) is 0 Å². The fraction of sp³-hybridized carbons (Fsp3) is 0.364. The van der Waals surface area contributed by atoms with Gasteiger partial charge in [0.1, 0.15) is 24.2 Å². The number of carbonyl (C=O) groups is 1. The molecule has 27 heavy (non-hydrogen) atoms. The van der Waals surface area contributed by atoms with Crippen LogP contribution in [0.15, 0.2) is 42.7 Å². The Morgan fingerprint density at radius 1 is 1.19 bits per heavy atom. The van der Waals surface area contributed by atoms with Gasteiger partial charge >= 0.3 is 0 Å². The summed E-state index contributed by atoms with van der Waals surface area (Å²) in [6, 6.07) is 11.8. The molecule has 1 atom stereocenters. The van der Waals surface area contributed by atoms with Crippen molar-refractivity contribution < 1.29 is 14.6 Å². The van der Waals surface area contributed by atoms with Crippen LogP contribution in [0.5, 0.6) is 5.75 Å². The van der Waals surface area contributed by atoms with Crippen molar-refractivity contribution >= 4 is 16.8 Å². The summed E-state index contributed by atoms with van der Waals surface area (Å²) in [6.45, 7) is 6.38. The zero-order valence-corrected chi connectivity index (χ0v) is 16.1. The van der Waals surface area contributed by atoms with E-state index < -0.39 is 6.10 Å². The van der Waals surface area contributed by atoms with Gasteiger partial charge in [-0.3, -0.25) is 0 Å². The van der Waals surface area contributed by atoms with Gasteiger partial charge in [-0.15, -0.1) is 0 Å². The van der Waals surface area contributed by atoms with Crippen LogP contribution in [0.25, 0.3) is 11.0 Å². The highest BCUT2D eigenvalue weighted by Crippen LogP contribution is 2.19. The molecular weight excluding hydrogens is 340 g/mol. The molecular formula is C22H26N2O3. The van der Waals surface area contributed by atoms with Gasteiger partial charge in [0.2, 0.25) is 0 Å². The van der Waals surface area contributed by atoms with E-state index in [-0.39, 0.29) is 12.4 Å². The molecule has 0 fully saturated rings. The summed E-state index contributed by atoms with van der Waals surface area (Å²) >= 11 is 0. The van der Waals surface area contributed by atoms with Crippen LogP contribution in [0.3, 0.4) is 0 Å². The largest absolute Gasteiger partial charge is 0.491 e. The van der Waals surface area contributed by atoms with Crippen LogP contribution in [0.4, 0.5) is 0 Å². The number of nitrogens with zero attached hydrogens (tertiary/aromatic N) is 2. The Labute approximate surface area is 159 Å². The summed E-state index contributed by atoms with van der Waals surface area (Å²) in [4.78, 5) is 15.5. The molecule has 2 aromatic carbocycles. The molecule has 0 amide bonds. The number of aryl methyl sites for hydroxylation is 3. The van der Waals surface area contributed by atoms with E-state index in [1.54, 1.807) is 13.3 Å². The predicted octanol–water partition coefficient (Wildman–Crippen LogP) is 3.61. The second-order valence-corrected chi connectivity index (χ2v) is 7.13. The van der Waals surface area contributed by atoms with Gasteiger partial charge in [0.15, 0.2) is 0 Å². The maximum absolute atomic E-state index is 11.1. The zero-order valence-electron chi connectivity index (χ0n) is 16.1. The van der Waals surface area contributed by atoms with E-state index in [9.17, 15) is 9.90 Å². The van der Waals surface area contributed by atoms with Crippen molar-refractivity contribution in [1.29, 1.82) is 0 Å². The van der Waals surface area contributed by atoms with Gasteiger partial charge in [-0.2, -0.15) is 0 Å². The Kier molecular flexibility index (Phi) is 5.91. The Morgan fingerprint density at radius 3 is 2.59 bits per heavy atom. The first-order valence-corrected chi connectivity index (χ1v) is 9.23. The second-order valence-electron chi connectivity index (χ2n) is 7.13. The van der Waals surface area contributed by atoms with Crippen LogP contribution in [-0.2, 0) is 17.8 Å². The van der Waals surface area contributed by atoms with Crippen molar-refractivity contribution in [3.05, 3.63) is 59.4 Å². The number of ether oxygens (including phenoxy) is 1. The van der Waals surface area contributed by atoms with Crippen LogP contribution in [-0.4, -0.2) is 33.2 Å². The lowest BCUT2D eigenvalue weighted by Gasteiger charge is -2.14. The van der Waals surface area contributed by atoms with Crippen molar-refractivity contribution in [2.75, 3.05) is 6.61 Å². The van der Waals surface area contributed by atoms with Crippen molar-refractivity contribution in [2.24, 2.45) is 0 Å². The molecule has 1 heterocycles. The van der Waals surface area contributed by atoms with Gasteiger partial charge in [0.05, 0.1) is 23.9 Å². The van der Waals surface area contributed by atoms with Gasteiger partial charge in [-0.1, -0.05) is 12.1 Å². The Hall–Kier alpha value is -2.66. The predicted molar refractivity (Wildman–Crippen MR) is 106 cm³/mol. The number of hydrogen-bond donors (Lipinski definition) is 1. The molecule has 3 rings (SSSR count). The lowest BCUT2D eigenvalue weighted by Crippen LogP contribution is -2.23. The van der Waals surface area contributed by atoms with Gasteiger partial charge in [-0.05, 0) is 68.1 Å². The highest BCUT2D eigenvalue weighted by molar-refractivity contribution is 5.77. The summed E-state index contributed by atoms with van der Waals surface area (Å²) in [5.74, 6) is 0.901. The molecule has 0 spiro atoms. The van der Waals surface area contributed by atoms with Crippen LogP contribution in [0.2, 0.25) is 0 Å². The number of carbonyl (C=O) groups excluding carboxylic acids is 1. The molecule has 0 radical (unpaired) electrons. The van der Waals surface area contributed by atoms with Gasteiger partial charge in [0.25, 0.3) is 0 Å². The maximum Gasteiger partial charge on any atom is 0.130 e. The Balaban J connectivity index is 1.56. The molecule has 0 aliphatic carbocycles. The molecule has 0 aliphatic rings. The average Bonchev–Trinajstić information content (AvgIpc) is 3.01. The third kappa shape index (κ3) is 4.95. The summed E-state index contributed by atoms with van der Waals surface area (Å²) in [6.07, 6.45) is 2.42. The molecule has 0 aliphatic heterocycles. The number of imidazole rings is 1. The quantitative estimate of drug-likeness (QED) is 0.661. The molecule has 142 valence electrons.